The number of aliphatic imine (C=N–C) groups is 1. The molecular formula is C11H11N5O3. The van der Waals surface area contributed by atoms with Gasteiger partial charge in [-0.1, -0.05) is 0 Å². The van der Waals surface area contributed by atoms with Crippen LogP contribution in [0.4, 0.5) is 11.7 Å². The molecule has 0 saturated heterocycles. The lowest BCUT2D eigenvalue weighted by Gasteiger charge is -2.02. The highest BCUT2D eigenvalue weighted by atomic mass is 16.6. The number of hydrogen-bond donors (Lipinski definition) is 0. The van der Waals surface area contributed by atoms with Crippen LogP contribution in [-0.2, 0) is 0 Å². The number of rotatable bonds is 4. The van der Waals surface area contributed by atoms with Crippen molar-refractivity contribution in [1.29, 1.82) is 0 Å². The lowest BCUT2D eigenvalue weighted by molar-refractivity contribution is -0.401. The molecule has 0 fully saturated rings. The molecule has 0 aliphatic heterocycles. The summed E-state index contributed by atoms with van der Waals surface area (Å²) in [5.74, 6) is 0.577. The highest BCUT2D eigenvalue weighted by Crippen LogP contribution is 2.24. The van der Waals surface area contributed by atoms with Gasteiger partial charge in [0.15, 0.2) is 17.4 Å². The first-order chi connectivity index (χ1) is 9.06. The number of hydrogen-bond acceptors (Lipinski definition) is 6. The zero-order valence-corrected chi connectivity index (χ0v) is 10.3. The number of nitrogens with zero attached hydrogens (tertiary/aromatic N) is 5. The zero-order chi connectivity index (χ0) is 13.8. The fraction of sp³-hybridized carbons (Fsp3) is 0.182. The smallest absolute Gasteiger partial charge is 0.397 e. The van der Waals surface area contributed by atoms with Gasteiger partial charge in [0, 0.05) is 26.4 Å². The van der Waals surface area contributed by atoms with Gasteiger partial charge >= 0.3 is 5.88 Å². The van der Waals surface area contributed by atoms with Crippen molar-refractivity contribution in [3.8, 4) is 11.6 Å². The van der Waals surface area contributed by atoms with Gasteiger partial charge in [0.25, 0.3) is 0 Å². The van der Waals surface area contributed by atoms with Crippen LogP contribution in [-0.4, -0.2) is 40.2 Å². The van der Waals surface area contributed by atoms with Crippen LogP contribution < -0.4 is 0 Å². The van der Waals surface area contributed by atoms with Crippen molar-refractivity contribution >= 4 is 18.0 Å². The predicted molar refractivity (Wildman–Crippen MR) is 68.2 cm³/mol. The molecule has 0 unspecified atom stereocenters. The van der Waals surface area contributed by atoms with Crippen molar-refractivity contribution in [2.75, 3.05) is 14.1 Å². The van der Waals surface area contributed by atoms with Crippen LogP contribution in [0.3, 0.4) is 0 Å². The van der Waals surface area contributed by atoms with Crippen molar-refractivity contribution in [1.82, 2.24) is 14.9 Å². The average molecular weight is 261 g/mol. The fourth-order valence-electron chi connectivity index (χ4n) is 1.26. The third-order valence-electron chi connectivity index (χ3n) is 2.05. The van der Waals surface area contributed by atoms with E-state index in [0.717, 1.165) is 0 Å². The molecule has 0 radical (unpaired) electrons. The van der Waals surface area contributed by atoms with E-state index in [4.69, 9.17) is 4.42 Å². The van der Waals surface area contributed by atoms with E-state index in [1.165, 1.54) is 18.3 Å². The molecule has 0 N–H and O–H groups in total. The number of nitro groups is 1. The molecule has 0 saturated carbocycles. The third-order valence-corrected chi connectivity index (χ3v) is 2.05. The van der Waals surface area contributed by atoms with Crippen LogP contribution in [0.15, 0.2) is 33.8 Å². The summed E-state index contributed by atoms with van der Waals surface area (Å²) in [7, 11) is 3.67. The highest BCUT2D eigenvalue weighted by molar-refractivity contribution is 5.60. The van der Waals surface area contributed by atoms with Crippen LogP contribution in [0.25, 0.3) is 11.6 Å². The minimum Gasteiger partial charge on any atom is -0.397 e. The Bertz CT molecular complexity index is 620. The first kappa shape index (κ1) is 12.7. The second-order valence-electron chi connectivity index (χ2n) is 3.84. The van der Waals surface area contributed by atoms with Gasteiger partial charge in [-0.3, -0.25) is 10.1 Å². The molecule has 8 heteroatoms. The summed E-state index contributed by atoms with van der Waals surface area (Å²) in [5, 5.41) is 10.5. The Morgan fingerprint density at radius 1 is 1.42 bits per heavy atom. The van der Waals surface area contributed by atoms with E-state index in [-0.39, 0.29) is 17.5 Å². The van der Waals surface area contributed by atoms with Gasteiger partial charge in [-0.15, -0.1) is 0 Å². The molecule has 2 heterocycles. The van der Waals surface area contributed by atoms with Crippen LogP contribution >= 0.6 is 0 Å². The van der Waals surface area contributed by atoms with Gasteiger partial charge in [-0.05, 0) is 6.07 Å². The van der Waals surface area contributed by atoms with Crippen LogP contribution in [0.5, 0.6) is 0 Å². The standard InChI is InChI=1S/C11H11N5O3/c1-15(2)7-13-9-5-6-12-11(14-9)8-3-4-10(19-8)16(17)18/h3-7H,1-2H3. The van der Waals surface area contributed by atoms with Crippen LogP contribution in [0.1, 0.15) is 0 Å². The van der Waals surface area contributed by atoms with Crippen LogP contribution in [0.2, 0.25) is 0 Å². The summed E-state index contributed by atoms with van der Waals surface area (Å²) in [6.07, 6.45) is 3.11. The molecule has 2 aromatic rings. The Morgan fingerprint density at radius 3 is 2.84 bits per heavy atom. The maximum atomic E-state index is 10.5. The maximum Gasteiger partial charge on any atom is 0.433 e. The van der Waals surface area contributed by atoms with E-state index in [0.29, 0.717) is 5.82 Å². The maximum absolute atomic E-state index is 10.5. The minimum absolute atomic E-state index is 0.230. The van der Waals surface area contributed by atoms with Gasteiger partial charge in [0.2, 0.25) is 0 Å². The first-order valence-electron chi connectivity index (χ1n) is 5.34. The second kappa shape index (κ2) is 5.25. The molecular weight excluding hydrogens is 250 g/mol. The van der Waals surface area contributed by atoms with Gasteiger partial charge in [-0.2, -0.15) is 0 Å². The van der Waals surface area contributed by atoms with E-state index in [1.54, 1.807) is 17.3 Å². The van der Waals surface area contributed by atoms with E-state index in [2.05, 4.69) is 15.0 Å². The molecule has 19 heavy (non-hydrogen) atoms. The Kier molecular flexibility index (Phi) is 3.51. The minimum atomic E-state index is -0.614. The van der Waals surface area contributed by atoms with Crippen molar-refractivity contribution in [2.45, 2.75) is 0 Å². The van der Waals surface area contributed by atoms with Crippen molar-refractivity contribution < 1.29 is 9.34 Å². The Morgan fingerprint density at radius 2 is 2.21 bits per heavy atom. The molecule has 0 aliphatic carbocycles. The zero-order valence-electron chi connectivity index (χ0n) is 10.3. The molecule has 0 amide bonds. The van der Waals surface area contributed by atoms with Crippen molar-refractivity contribution in [3.63, 3.8) is 0 Å². The molecule has 0 aromatic carbocycles. The quantitative estimate of drug-likeness (QED) is 0.360. The van der Waals surface area contributed by atoms with Crippen LogP contribution in [0, 0.1) is 10.1 Å². The van der Waals surface area contributed by atoms with E-state index < -0.39 is 4.92 Å². The predicted octanol–water partition coefficient (Wildman–Crippen LogP) is 1.87. The summed E-state index contributed by atoms with van der Waals surface area (Å²) < 4.78 is 5.03. The second-order valence-corrected chi connectivity index (χ2v) is 3.84. The van der Waals surface area contributed by atoms with Crippen molar-refractivity contribution in [3.05, 3.63) is 34.5 Å². The highest BCUT2D eigenvalue weighted by Gasteiger charge is 2.14. The average Bonchev–Trinajstić information content (AvgIpc) is 2.86. The van der Waals surface area contributed by atoms with E-state index in [9.17, 15) is 10.1 Å². The summed E-state index contributed by atoms with van der Waals surface area (Å²) in [4.78, 5) is 23.9. The largest absolute Gasteiger partial charge is 0.433 e. The molecule has 2 aromatic heterocycles. The SMILES string of the molecule is CN(C)C=Nc1ccnc(-c2ccc([N+](=O)[O-])o2)n1. The molecule has 0 bridgehead atoms. The van der Waals surface area contributed by atoms with Crippen molar-refractivity contribution in [2.24, 2.45) is 4.99 Å². The molecule has 98 valence electrons. The normalized spacial score (nSPS) is 10.8. The third kappa shape index (κ3) is 3.12. The Balaban J connectivity index is 2.29. The van der Waals surface area contributed by atoms with E-state index >= 15 is 0 Å². The first-order valence-corrected chi connectivity index (χ1v) is 5.34. The summed E-state index contributed by atoms with van der Waals surface area (Å²) in [5.41, 5.74) is 0. The Hall–Kier alpha value is -2.77. The molecule has 0 spiro atoms. The lowest BCUT2D eigenvalue weighted by Crippen LogP contribution is -2.07. The van der Waals surface area contributed by atoms with E-state index in [1.807, 2.05) is 14.1 Å². The Labute approximate surface area is 108 Å². The molecule has 8 nitrogen and oxygen atoms in total. The lowest BCUT2D eigenvalue weighted by atomic mass is 10.4. The molecule has 0 atom stereocenters. The summed E-state index contributed by atoms with van der Waals surface area (Å²) in [6, 6.07) is 4.34. The molecule has 0 aliphatic rings. The molecule has 2 rings (SSSR count). The summed E-state index contributed by atoms with van der Waals surface area (Å²) in [6.45, 7) is 0. The van der Waals surface area contributed by atoms with Gasteiger partial charge < -0.3 is 9.32 Å². The monoisotopic (exact) mass is 261 g/mol. The van der Waals surface area contributed by atoms with Gasteiger partial charge in [0.05, 0.1) is 12.4 Å². The van der Waals surface area contributed by atoms with Gasteiger partial charge in [-0.25, -0.2) is 15.0 Å². The van der Waals surface area contributed by atoms with Gasteiger partial charge in [0.1, 0.15) is 4.92 Å². The topological polar surface area (TPSA) is 97.7 Å². The summed E-state index contributed by atoms with van der Waals surface area (Å²) >= 11 is 0. The number of aromatic nitrogens is 2. The fourth-order valence-corrected chi connectivity index (χ4v) is 1.26. The number of furan rings is 1.